The first-order valence-electron chi connectivity index (χ1n) is 10.6. The summed E-state index contributed by atoms with van der Waals surface area (Å²) in [5, 5.41) is 2.91. The van der Waals surface area contributed by atoms with Crippen molar-refractivity contribution in [2.45, 2.75) is 13.3 Å². The first-order chi connectivity index (χ1) is 14.7. The van der Waals surface area contributed by atoms with Gasteiger partial charge in [-0.05, 0) is 53.8 Å². The molecule has 2 aliphatic rings. The van der Waals surface area contributed by atoms with Crippen LogP contribution in [0.15, 0.2) is 54.6 Å². The van der Waals surface area contributed by atoms with Gasteiger partial charge in [-0.1, -0.05) is 36.4 Å². The zero-order chi connectivity index (χ0) is 20.5. The lowest BCUT2D eigenvalue weighted by Crippen LogP contribution is -2.38. The normalized spacial score (nSPS) is 14.9. The van der Waals surface area contributed by atoms with Crippen LogP contribution in [0.4, 0.5) is 5.82 Å². The van der Waals surface area contributed by atoms with Crippen LogP contribution in [0.2, 0.25) is 0 Å². The predicted molar refractivity (Wildman–Crippen MR) is 119 cm³/mol. The Hall–Kier alpha value is -3.18. The fraction of sp³-hybridized carbons (Fsp3) is 0.280. The number of carbonyl (C=O) groups excluding carboxylic acids is 1. The van der Waals surface area contributed by atoms with Crippen molar-refractivity contribution in [3.63, 3.8) is 0 Å². The summed E-state index contributed by atoms with van der Waals surface area (Å²) in [6.07, 6.45) is 0.981. The average Bonchev–Trinajstić information content (AvgIpc) is 3.17. The molecule has 2 heterocycles. The third kappa shape index (κ3) is 3.35. The molecule has 1 N–H and O–H groups in total. The molecule has 5 rings (SSSR count). The highest BCUT2D eigenvalue weighted by Crippen LogP contribution is 2.38. The number of aromatic nitrogens is 1. The molecule has 3 aromatic rings. The van der Waals surface area contributed by atoms with Gasteiger partial charge in [0.25, 0.3) is 5.91 Å². The molecule has 0 saturated carbocycles. The molecule has 152 valence electrons. The van der Waals surface area contributed by atoms with Crippen LogP contribution in [-0.2, 0) is 11.2 Å². The van der Waals surface area contributed by atoms with Crippen LogP contribution < -0.4 is 10.2 Å². The van der Waals surface area contributed by atoms with E-state index in [0.717, 1.165) is 36.6 Å². The number of hydrogen-bond acceptors (Lipinski definition) is 4. The van der Waals surface area contributed by atoms with E-state index >= 15 is 0 Å². The molecule has 0 unspecified atom stereocenters. The van der Waals surface area contributed by atoms with Crippen molar-refractivity contribution in [1.29, 1.82) is 0 Å². The second-order valence-corrected chi connectivity index (χ2v) is 7.73. The standard InChI is InChI=1S/C25H25N3O2/c1-2-26-25(29)21-9-10-23(27-24(21)28-11-13-30-14-12-28)19-8-7-18-15-17-5-3-4-6-20(17)22(18)16-19/h3-10,16H,2,11-15H2,1H3,(H,26,29). The quantitative estimate of drug-likeness (QED) is 0.565. The number of ether oxygens (including phenoxy) is 1. The van der Waals surface area contributed by atoms with Gasteiger partial charge in [0.05, 0.1) is 24.5 Å². The van der Waals surface area contributed by atoms with E-state index in [1.807, 2.05) is 19.1 Å². The van der Waals surface area contributed by atoms with Crippen LogP contribution in [0, 0.1) is 0 Å². The second kappa shape index (κ2) is 7.92. The summed E-state index contributed by atoms with van der Waals surface area (Å²) in [5.41, 5.74) is 7.89. The summed E-state index contributed by atoms with van der Waals surface area (Å²) >= 11 is 0. The summed E-state index contributed by atoms with van der Waals surface area (Å²) in [5.74, 6) is 0.656. The molecule has 2 aromatic carbocycles. The summed E-state index contributed by atoms with van der Waals surface area (Å²) in [6.45, 7) is 5.29. The van der Waals surface area contributed by atoms with Gasteiger partial charge in [-0.25, -0.2) is 4.98 Å². The first kappa shape index (κ1) is 18.8. The molecule has 0 spiro atoms. The Kier molecular flexibility index (Phi) is 4.97. The lowest BCUT2D eigenvalue weighted by Gasteiger charge is -2.29. The minimum Gasteiger partial charge on any atom is -0.378 e. The molecular formula is C25H25N3O2. The number of nitrogens with zero attached hydrogens (tertiary/aromatic N) is 2. The molecule has 0 radical (unpaired) electrons. The molecule has 1 saturated heterocycles. The molecule has 1 aromatic heterocycles. The molecule has 0 atom stereocenters. The smallest absolute Gasteiger partial charge is 0.255 e. The number of pyridine rings is 1. The Balaban J connectivity index is 1.56. The Morgan fingerprint density at radius 3 is 2.67 bits per heavy atom. The number of hydrogen-bond donors (Lipinski definition) is 1. The molecule has 0 bridgehead atoms. The number of anilines is 1. The molecule has 1 aliphatic carbocycles. The van der Waals surface area contributed by atoms with Crippen molar-refractivity contribution in [3.05, 3.63) is 71.3 Å². The number of rotatable bonds is 4. The van der Waals surface area contributed by atoms with Crippen LogP contribution >= 0.6 is 0 Å². The molecule has 1 amide bonds. The third-order valence-corrected chi connectivity index (χ3v) is 5.86. The number of nitrogens with one attached hydrogen (secondary N) is 1. The fourth-order valence-corrected chi connectivity index (χ4v) is 4.34. The van der Waals surface area contributed by atoms with Gasteiger partial charge < -0.3 is 15.0 Å². The molecule has 1 aliphatic heterocycles. The van der Waals surface area contributed by atoms with Crippen LogP contribution in [0.3, 0.4) is 0 Å². The Morgan fingerprint density at radius 2 is 1.83 bits per heavy atom. The van der Waals surface area contributed by atoms with E-state index in [0.29, 0.717) is 25.3 Å². The zero-order valence-corrected chi connectivity index (χ0v) is 17.1. The largest absolute Gasteiger partial charge is 0.378 e. The molecule has 1 fully saturated rings. The van der Waals surface area contributed by atoms with Crippen molar-refractivity contribution >= 4 is 11.7 Å². The van der Waals surface area contributed by atoms with Gasteiger partial charge in [0.1, 0.15) is 5.82 Å². The number of morpholine rings is 1. The highest BCUT2D eigenvalue weighted by Gasteiger charge is 2.22. The van der Waals surface area contributed by atoms with E-state index < -0.39 is 0 Å². The Bertz CT molecular complexity index is 1100. The van der Waals surface area contributed by atoms with E-state index in [2.05, 4.69) is 52.7 Å². The maximum absolute atomic E-state index is 12.6. The highest BCUT2D eigenvalue weighted by molar-refractivity contribution is 5.99. The van der Waals surface area contributed by atoms with Crippen LogP contribution in [0.5, 0.6) is 0 Å². The lowest BCUT2D eigenvalue weighted by atomic mass is 10.0. The SMILES string of the molecule is CCNC(=O)c1ccc(-c2ccc3c(c2)-c2ccccc2C3)nc1N1CCOCC1. The van der Waals surface area contributed by atoms with Crippen molar-refractivity contribution in [2.24, 2.45) is 0 Å². The average molecular weight is 399 g/mol. The second-order valence-electron chi connectivity index (χ2n) is 7.73. The van der Waals surface area contributed by atoms with E-state index in [4.69, 9.17) is 9.72 Å². The molecule has 5 nitrogen and oxygen atoms in total. The number of fused-ring (bicyclic) bond motifs is 3. The minimum atomic E-state index is -0.0825. The van der Waals surface area contributed by atoms with Gasteiger partial charge in [0.2, 0.25) is 0 Å². The summed E-state index contributed by atoms with van der Waals surface area (Å²) in [4.78, 5) is 19.8. The number of carbonyl (C=O) groups is 1. The maximum atomic E-state index is 12.6. The topological polar surface area (TPSA) is 54.5 Å². The molecular weight excluding hydrogens is 374 g/mol. The Labute approximate surface area is 176 Å². The van der Waals surface area contributed by atoms with Gasteiger partial charge in [0.15, 0.2) is 0 Å². The fourth-order valence-electron chi connectivity index (χ4n) is 4.34. The van der Waals surface area contributed by atoms with Crippen molar-refractivity contribution in [1.82, 2.24) is 10.3 Å². The summed E-state index contributed by atoms with van der Waals surface area (Å²) in [7, 11) is 0. The molecule has 5 heteroatoms. The van der Waals surface area contributed by atoms with E-state index in [9.17, 15) is 4.79 Å². The zero-order valence-electron chi connectivity index (χ0n) is 17.1. The molecule has 30 heavy (non-hydrogen) atoms. The van der Waals surface area contributed by atoms with Crippen molar-refractivity contribution in [2.75, 3.05) is 37.7 Å². The van der Waals surface area contributed by atoms with Gasteiger partial charge in [-0.15, -0.1) is 0 Å². The van der Waals surface area contributed by atoms with E-state index in [-0.39, 0.29) is 5.91 Å². The van der Waals surface area contributed by atoms with Gasteiger partial charge in [-0.2, -0.15) is 0 Å². The van der Waals surface area contributed by atoms with E-state index in [1.54, 1.807) is 0 Å². The predicted octanol–water partition coefficient (Wildman–Crippen LogP) is 3.91. The highest BCUT2D eigenvalue weighted by atomic mass is 16.5. The van der Waals surface area contributed by atoms with Gasteiger partial charge >= 0.3 is 0 Å². The van der Waals surface area contributed by atoms with Crippen molar-refractivity contribution < 1.29 is 9.53 Å². The van der Waals surface area contributed by atoms with Gasteiger partial charge in [0, 0.05) is 25.2 Å². The van der Waals surface area contributed by atoms with Crippen LogP contribution in [-0.4, -0.2) is 43.7 Å². The summed E-state index contributed by atoms with van der Waals surface area (Å²) < 4.78 is 5.50. The maximum Gasteiger partial charge on any atom is 0.255 e. The Morgan fingerprint density at radius 1 is 1.03 bits per heavy atom. The van der Waals surface area contributed by atoms with Gasteiger partial charge in [-0.3, -0.25) is 4.79 Å². The monoisotopic (exact) mass is 399 g/mol. The first-order valence-corrected chi connectivity index (χ1v) is 10.6. The van der Waals surface area contributed by atoms with Crippen LogP contribution in [0.25, 0.3) is 22.4 Å². The third-order valence-electron chi connectivity index (χ3n) is 5.86. The lowest BCUT2D eigenvalue weighted by molar-refractivity contribution is 0.0954. The summed E-state index contributed by atoms with van der Waals surface area (Å²) in [6, 6.07) is 19.0. The number of benzene rings is 2. The van der Waals surface area contributed by atoms with Crippen molar-refractivity contribution in [3.8, 4) is 22.4 Å². The number of amides is 1. The van der Waals surface area contributed by atoms with E-state index in [1.165, 1.54) is 22.3 Å². The minimum absolute atomic E-state index is 0.0825. The van der Waals surface area contributed by atoms with Crippen LogP contribution in [0.1, 0.15) is 28.4 Å².